The van der Waals surface area contributed by atoms with E-state index < -0.39 is 0 Å². The number of carbonyl (C=O) groups excluding carboxylic acids is 1. The van der Waals surface area contributed by atoms with Gasteiger partial charge in [-0.2, -0.15) is 11.8 Å². The maximum absolute atomic E-state index is 11.9. The average Bonchev–Trinajstić information content (AvgIpc) is 2.74. The Balaban J connectivity index is 2.20. The molecule has 18 heavy (non-hydrogen) atoms. The van der Waals surface area contributed by atoms with E-state index in [1.54, 1.807) is 28.0 Å². The fourth-order valence-corrected chi connectivity index (χ4v) is 3.79. The highest BCUT2D eigenvalue weighted by molar-refractivity contribution is 9.10. The Morgan fingerprint density at radius 1 is 1.56 bits per heavy atom. The molecule has 0 saturated carbocycles. The number of hydrogen-bond acceptors (Lipinski definition) is 4. The van der Waals surface area contributed by atoms with Gasteiger partial charge < -0.3 is 10.6 Å². The van der Waals surface area contributed by atoms with E-state index in [4.69, 9.17) is 5.73 Å². The Labute approximate surface area is 125 Å². The van der Waals surface area contributed by atoms with Gasteiger partial charge in [0.25, 0.3) is 0 Å². The molecule has 1 aromatic rings. The zero-order valence-corrected chi connectivity index (χ0v) is 13.7. The highest BCUT2D eigenvalue weighted by atomic mass is 79.9. The van der Waals surface area contributed by atoms with Crippen LogP contribution in [-0.4, -0.2) is 35.9 Å². The minimum Gasteiger partial charge on any atom is -0.341 e. The first kappa shape index (κ1) is 16.0. The summed E-state index contributed by atoms with van der Waals surface area (Å²) in [5, 5.41) is 2.04. The quantitative estimate of drug-likeness (QED) is 0.733. The number of hydrogen-bond donors (Lipinski definition) is 1. The van der Waals surface area contributed by atoms with Crippen LogP contribution >= 0.6 is 39.0 Å². The number of thioether (sulfide) groups is 1. The molecule has 0 aliphatic carbocycles. The maximum atomic E-state index is 11.9. The van der Waals surface area contributed by atoms with E-state index in [0.29, 0.717) is 13.0 Å². The van der Waals surface area contributed by atoms with Crippen molar-refractivity contribution in [3.8, 4) is 0 Å². The van der Waals surface area contributed by atoms with Crippen LogP contribution in [0.15, 0.2) is 15.9 Å². The number of rotatable bonds is 8. The van der Waals surface area contributed by atoms with Crippen molar-refractivity contribution in [1.82, 2.24) is 4.90 Å². The summed E-state index contributed by atoms with van der Waals surface area (Å²) in [5.74, 6) is 2.14. The summed E-state index contributed by atoms with van der Waals surface area (Å²) in [6.45, 7) is 1.43. The Kier molecular flexibility index (Phi) is 7.97. The van der Waals surface area contributed by atoms with Gasteiger partial charge in [0.1, 0.15) is 0 Å². The van der Waals surface area contributed by atoms with Crippen molar-refractivity contribution in [2.75, 3.05) is 25.1 Å². The molecule has 0 radical (unpaired) electrons. The predicted molar refractivity (Wildman–Crippen MR) is 84.1 cm³/mol. The van der Waals surface area contributed by atoms with Crippen LogP contribution in [0.1, 0.15) is 17.7 Å². The molecule has 1 amide bonds. The van der Waals surface area contributed by atoms with Gasteiger partial charge in [-0.05, 0) is 40.7 Å². The third-order valence-corrected chi connectivity index (χ3v) is 5.15. The fourth-order valence-electron chi connectivity index (χ4n) is 1.40. The highest BCUT2D eigenvalue weighted by Crippen LogP contribution is 2.21. The third kappa shape index (κ3) is 6.22. The Bertz CT molecular complexity index is 371. The summed E-state index contributed by atoms with van der Waals surface area (Å²) in [6.07, 6.45) is 1.64. The number of thiophene rings is 1. The molecule has 1 aromatic heterocycles. The molecule has 0 aromatic carbocycles. The topological polar surface area (TPSA) is 46.3 Å². The molecule has 0 unspecified atom stereocenters. The highest BCUT2D eigenvalue weighted by Gasteiger charge is 2.10. The monoisotopic (exact) mass is 350 g/mol. The molecule has 1 rings (SSSR count). The number of amides is 1. The zero-order valence-electron chi connectivity index (χ0n) is 10.5. The van der Waals surface area contributed by atoms with Gasteiger partial charge in [0.05, 0.1) is 6.54 Å². The standard InChI is InChI=1S/C12H19BrN2OS2/c1-15(8-11-7-10(13)9-18-11)12(16)3-6-17-5-2-4-14/h7,9H,2-6,8,14H2,1H3. The van der Waals surface area contributed by atoms with Gasteiger partial charge in [-0.15, -0.1) is 11.3 Å². The number of nitrogens with two attached hydrogens (primary N) is 1. The molecule has 0 atom stereocenters. The number of carbonyl (C=O) groups is 1. The first-order chi connectivity index (χ1) is 8.63. The second-order valence-corrected chi connectivity index (χ2v) is 7.12. The van der Waals surface area contributed by atoms with E-state index in [2.05, 4.69) is 22.0 Å². The van der Waals surface area contributed by atoms with Crippen LogP contribution in [0.3, 0.4) is 0 Å². The Morgan fingerprint density at radius 2 is 2.33 bits per heavy atom. The Morgan fingerprint density at radius 3 is 2.94 bits per heavy atom. The van der Waals surface area contributed by atoms with Crippen LogP contribution in [0.25, 0.3) is 0 Å². The summed E-state index contributed by atoms with van der Waals surface area (Å²) in [7, 11) is 1.86. The van der Waals surface area contributed by atoms with Crippen molar-refractivity contribution >= 4 is 44.9 Å². The van der Waals surface area contributed by atoms with Crippen LogP contribution in [0.4, 0.5) is 0 Å². The van der Waals surface area contributed by atoms with Crippen molar-refractivity contribution in [2.45, 2.75) is 19.4 Å². The number of halogens is 1. The van der Waals surface area contributed by atoms with E-state index in [1.807, 2.05) is 12.4 Å². The van der Waals surface area contributed by atoms with Gasteiger partial charge in [-0.3, -0.25) is 4.79 Å². The van der Waals surface area contributed by atoms with Gasteiger partial charge in [-0.1, -0.05) is 0 Å². The largest absolute Gasteiger partial charge is 0.341 e. The lowest BCUT2D eigenvalue weighted by molar-refractivity contribution is -0.129. The SMILES string of the molecule is CN(Cc1cc(Br)cs1)C(=O)CCSCCCN. The van der Waals surface area contributed by atoms with Gasteiger partial charge >= 0.3 is 0 Å². The van der Waals surface area contributed by atoms with Gasteiger partial charge in [0.2, 0.25) is 5.91 Å². The normalized spacial score (nSPS) is 10.6. The van der Waals surface area contributed by atoms with Crippen LogP contribution in [0.2, 0.25) is 0 Å². The first-order valence-electron chi connectivity index (χ1n) is 5.88. The van der Waals surface area contributed by atoms with E-state index in [-0.39, 0.29) is 5.91 Å². The van der Waals surface area contributed by atoms with Gasteiger partial charge in [0.15, 0.2) is 0 Å². The minimum absolute atomic E-state index is 0.208. The van der Waals surface area contributed by atoms with Gasteiger partial charge in [0, 0.05) is 34.0 Å². The van der Waals surface area contributed by atoms with E-state index >= 15 is 0 Å². The van der Waals surface area contributed by atoms with Gasteiger partial charge in [-0.25, -0.2) is 0 Å². The van der Waals surface area contributed by atoms with Crippen molar-refractivity contribution in [1.29, 1.82) is 0 Å². The molecule has 0 aliphatic heterocycles. The Hall–Kier alpha value is -0.0400. The molecule has 6 heteroatoms. The zero-order chi connectivity index (χ0) is 13.4. The summed E-state index contributed by atoms with van der Waals surface area (Å²) < 4.78 is 1.08. The summed E-state index contributed by atoms with van der Waals surface area (Å²) >= 11 is 6.89. The molecule has 2 N–H and O–H groups in total. The summed E-state index contributed by atoms with van der Waals surface area (Å²) in [4.78, 5) is 14.9. The predicted octanol–water partition coefficient (Wildman–Crippen LogP) is 2.94. The van der Waals surface area contributed by atoms with Crippen molar-refractivity contribution in [3.63, 3.8) is 0 Å². The summed E-state index contributed by atoms with van der Waals surface area (Å²) in [6, 6.07) is 2.06. The lowest BCUT2D eigenvalue weighted by Gasteiger charge is -2.15. The van der Waals surface area contributed by atoms with Crippen LogP contribution in [0.5, 0.6) is 0 Å². The van der Waals surface area contributed by atoms with Crippen molar-refractivity contribution < 1.29 is 4.79 Å². The second kappa shape index (κ2) is 8.96. The molecule has 1 heterocycles. The fraction of sp³-hybridized carbons (Fsp3) is 0.583. The molecule has 0 bridgehead atoms. The molecular formula is C12H19BrN2OS2. The smallest absolute Gasteiger partial charge is 0.223 e. The maximum Gasteiger partial charge on any atom is 0.223 e. The molecule has 0 aliphatic rings. The average molecular weight is 351 g/mol. The molecule has 0 saturated heterocycles. The van der Waals surface area contributed by atoms with Crippen LogP contribution in [-0.2, 0) is 11.3 Å². The van der Waals surface area contributed by atoms with Crippen LogP contribution < -0.4 is 5.73 Å². The van der Waals surface area contributed by atoms with E-state index in [9.17, 15) is 4.79 Å². The lowest BCUT2D eigenvalue weighted by Crippen LogP contribution is -2.26. The van der Waals surface area contributed by atoms with Crippen molar-refractivity contribution in [2.24, 2.45) is 5.73 Å². The lowest BCUT2D eigenvalue weighted by atomic mass is 10.4. The molecule has 102 valence electrons. The molecular weight excluding hydrogens is 332 g/mol. The second-order valence-electron chi connectivity index (χ2n) is 3.99. The first-order valence-corrected chi connectivity index (χ1v) is 8.71. The van der Waals surface area contributed by atoms with E-state index in [1.165, 1.54) is 4.88 Å². The summed E-state index contributed by atoms with van der Waals surface area (Å²) in [5.41, 5.74) is 5.42. The van der Waals surface area contributed by atoms with E-state index in [0.717, 1.165) is 28.9 Å². The number of nitrogens with zero attached hydrogens (tertiary/aromatic N) is 1. The third-order valence-electron chi connectivity index (χ3n) is 2.39. The van der Waals surface area contributed by atoms with Crippen molar-refractivity contribution in [3.05, 3.63) is 20.8 Å². The molecule has 0 spiro atoms. The van der Waals surface area contributed by atoms with Crippen LogP contribution in [0, 0.1) is 0 Å². The minimum atomic E-state index is 0.208. The molecule has 3 nitrogen and oxygen atoms in total. The molecule has 0 fully saturated rings.